The summed E-state index contributed by atoms with van der Waals surface area (Å²) in [7, 11) is 1.69. The lowest BCUT2D eigenvalue weighted by atomic mass is 10.1. The molecule has 1 unspecified atom stereocenters. The van der Waals surface area contributed by atoms with Crippen molar-refractivity contribution in [2.45, 2.75) is 25.3 Å². The maximum Gasteiger partial charge on any atom is 0.140 e. The zero-order valence-corrected chi connectivity index (χ0v) is 10.5. The number of nitrogens with two attached hydrogens (primary N) is 1. The number of amidine groups is 1. The number of methoxy groups -OCH3 is 1. The smallest absolute Gasteiger partial charge is 0.140 e. The second-order valence-electron chi connectivity index (χ2n) is 4.24. The third kappa shape index (κ3) is 5.34. The molecule has 1 heterocycles. The van der Waals surface area contributed by atoms with E-state index in [1.165, 1.54) is 0 Å². The summed E-state index contributed by atoms with van der Waals surface area (Å²) in [6.07, 6.45) is 2.80. The highest BCUT2D eigenvalue weighted by Gasteiger charge is 2.21. The van der Waals surface area contributed by atoms with Crippen molar-refractivity contribution in [3.05, 3.63) is 0 Å². The largest absolute Gasteiger partial charge is 0.409 e. The Labute approximate surface area is 102 Å². The van der Waals surface area contributed by atoms with Gasteiger partial charge in [-0.25, -0.2) is 0 Å². The van der Waals surface area contributed by atoms with Crippen LogP contribution in [0.1, 0.15) is 19.3 Å². The van der Waals surface area contributed by atoms with Crippen molar-refractivity contribution >= 4 is 5.84 Å². The van der Waals surface area contributed by atoms with E-state index in [0.29, 0.717) is 19.1 Å². The van der Waals surface area contributed by atoms with Gasteiger partial charge in [0.1, 0.15) is 5.84 Å². The van der Waals surface area contributed by atoms with Gasteiger partial charge in [-0.15, -0.1) is 0 Å². The lowest BCUT2D eigenvalue weighted by Crippen LogP contribution is -2.44. The highest BCUT2D eigenvalue weighted by atomic mass is 16.5. The maximum atomic E-state index is 8.53. The molecule has 1 rings (SSSR count). The first kappa shape index (κ1) is 14.2. The minimum absolute atomic E-state index is 0.268. The summed E-state index contributed by atoms with van der Waals surface area (Å²) in [6.45, 7) is 3.93. The minimum atomic E-state index is 0.268. The molecule has 100 valence electrons. The highest BCUT2D eigenvalue weighted by molar-refractivity contribution is 5.79. The van der Waals surface area contributed by atoms with Crippen LogP contribution in [0.3, 0.4) is 0 Å². The van der Waals surface area contributed by atoms with E-state index in [-0.39, 0.29) is 5.84 Å². The Morgan fingerprint density at radius 3 is 3.00 bits per heavy atom. The van der Waals surface area contributed by atoms with Gasteiger partial charge in [-0.3, -0.25) is 4.90 Å². The average molecular weight is 245 g/mol. The molecule has 0 saturated carbocycles. The van der Waals surface area contributed by atoms with E-state index in [0.717, 1.165) is 39.1 Å². The van der Waals surface area contributed by atoms with Gasteiger partial charge in [0.15, 0.2) is 0 Å². The summed E-state index contributed by atoms with van der Waals surface area (Å²) < 4.78 is 10.6. The van der Waals surface area contributed by atoms with Crippen molar-refractivity contribution in [2.75, 3.05) is 40.0 Å². The van der Waals surface area contributed by atoms with Crippen LogP contribution in [0.25, 0.3) is 0 Å². The molecule has 3 N–H and O–H groups in total. The molecular formula is C11H23N3O3. The van der Waals surface area contributed by atoms with Crippen molar-refractivity contribution < 1.29 is 14.7 Å². The highest BCUT2D eigenvalue weighted by Crippen LogP contribution is 2.13. The average Bonchev–Trinajstić information content (AvgIpc) is 2.39. The Morgan fingerprint density at radius 2 is 2.41 bits per heavy atom. The van der Waals surface area contributed by atoms with Gasteiger partial charge < -0.3 is 20.4 Å². The minimum Gasteiger partial charge on any atom is -0.409 e. The van der Waals surface area contributed by atoms with Gasteiger partial charge in [-0.2, -0.15) is 0 Å². The number of oxime groups is 1. The second-order valence-corrected chi connectivity index (χ2v) is 4.24. The first-order chi connectivity index (χ1) is 8.27. The van der Waals surface area contributed by atoms with Gasteiger partial charge in [0.25, 0.3) is 0 Å². The quantitative estimate of drug-likeness (QED) is 0.291. The molecular weight excluding hydrogens is 222 g/mol. The van der Waals surface area contributed by atoms with Crippen LogP contribution in [-0.2, 0) is 9.47 Å². The molecule has 0 spiro atoms. The molecule has 0 amide bonds. The molecule has 0 radical (unpaired) electrons. The summed E-state index contributed by atoms with van der Waals surface area (Å²) in [4.78, 5) is 2.29. The Balaban J connectivity index is 2.40. The molecule has 17 heavy (non-hydrogen) atoms. The van der Waals surface area contributed by atoms with Crippen LogP contribution >= 0.6 is 0 Å². The first-order valence-electron chi connectivity index (χ1n) is 6.05. The predicted molar refractivity (Wildman–Crippen MR) is 65.3 cm³/mol. The fourth-order valence-corrected chi connectivity index (χ4v) is 2.01. The fraction of sp³-hybridized carbons (Fsp3) is 0.909. The molecule has 6 heteroatoms. The van der Waals surface area contributed by atoms with Gasteiger partial charge in [0.05, 0.1) is 13.2 Å². The summed E-state index contributed by atoms with van der Waals surface area (Å²) in [5.74, 6) is 0.268. The summed E-state index contributed by atoms with van der Waals surface area (Å²) in [5, 5.41) is 11.5. The molecule has 1 saturated heterocycles. The molecule has 1 fully saturated rings. The summed E-state index contributed by atoms with van der Waals surface area (Å²) in [5.41, 5.74) is 5.49. The van der Waals surface area contributed by atoms with Gasteiger partial charge in [-0.05, 0) is 12.8 Å². The third-order valence-electron chi connectivity index (χ3n) is 3.02. The van der Waals surface area contributed by atoms with Crippen molar-refractivity contribution in [2.24, 2.45) is 10.9 Å². The van der Waals surface area contributed by atoms with E-state index in [2.05, 4.69) is 10.1 Å². The van der Waals surface area contributed by atoms with Crippen LogP contribution in [0.4, 0.5) is 0 Å². The molecule has 0 bridgehead atoms. The van der Waals surface area contributed by atoms with Crippen LogP contribution in [0, 0.1) is 0 Å². The first-order valence-corrected chi connectivity index (χ1v) is 6.05. The summed E-state index contributed by atoms with van der Waals surface area (Å²) >= 11 is 0. The molecule has 1 aliphatic rings. The number of nitrogens with zero attached hydrogens (tertiary/aromatic N) is 2. The van der Waals surface area contributed by atoms with E-state index >= 15 is 0 Å². The second kappa shape index (κ2) is 8.27. The lowest BCUT2D eigenvalue weighted by molar-refractivity contribution is 0.01000. The van der Waals surface area contributed by atoms with E-state index in [9.17, 15) is 0 Å². The van der Waals surface area contributed by atoms with Gasteiger partial charge >= 0.3 is 0 Å². The fourth-order valence-electron chi connectivity index (χ4n) is 2.01. The lowest BCUT2D eigenvalue weighted by Gasteiger charge is -2.33. The zero-order valence-electron chi connectivity index (χ0n) is 10.5. The molecule has 1 atom stereocenters. The number of rotatable bonds is 7. The number of hydrogen-bond acceptors (Lipinski definition) is 5. The molecule has 0 aliphatic carbocycles. The Bertz CT molecular complexity index is 230. The van der Waals surface area contributed by atoms with Crippen LogP contribution in [0.5, 0.6) is 0 Å². The van der Waals surface area contributed by atoms with Crippen LogP contribution < -0.4 is 5.73 Å². The van der Waals surface area contributed by atoms with E-state index in [1.54, 1.807) is 7.11 Å². The van der Waals surface area contributed by atoms with Gasteiger partial charge in [-0.1, -0.05) is 5.16 Å². The summed E-state index contributed by atoms with van der Waals surface area (Å²) in [6, 6.07) is 0.422. The van der Waals surface area contributed by atoms with Gasteiger partial charge in [0, 0.05) is 39.3 Å². The molecule has 1 aliphatic heterocycles. The van der Waals surface area contributed by atoms with Crippen LogP contribution in [-0.4, -0.2) is 62.0 Å². The van der Waals surface area contributed by atoms with Crippen molar-refractivity contribution in [3.8, 4) is 0 Å². The van der Waals surface area contributed by atoms with Crippen molar-refractivity contribution in [1.29, 1.82) is 0 Å². The standard InChI is InChI=1S/C11H23N3O3/c1-16-8-6-14(5-4-11(12)13-15)10-3-2-7-17-9-10/h10,15H,2-9H2,1H3,(H2,12,13). The van der Waals surface area contributed by atoms with Crippen LogP contribution in [0.15, 0.2) is 5.16 Å². The van der Waals surface area contributed by atoms with Crippen LogP contribution in [0.2, 0.25) is 0 Å². The molecule has 0 aromatic carbocycles. The third-order valence-corrected chi connectivity index (χ3v) is 3.02. The molecule has 6 nitrogen and oxygen atoms in total. The van der Waals surface area contributed by atoms with E-state index in [4.69, 9.17) is 20.4 Å². The van der Waals surface area contributed by atoms with Gasteiger partial charge in [0.2, 0.25) is 0 Å². The molecule has 0 aromatic rings. The Kier molecular flexibility index (Phi) is 6.91. The van der Waals surface area contributed by atoms with E-state index < -0.39 is 0 Å². The van der Waals surface area contributed by atoms with Crippen molar-refractivity contribution in [3.63, 3.8) is 0 Å². The Morgan fingerprint density at radius 1 is 1.59 bits per heavy atom. The zero-order chi connectivity index (χ0) is 12.5. The van der Waals surface area contributed by atoms with Crippen molar-refractivity contribution in [1.82, 2.24) is 4.90 Å². The topological polar surface area (TPSA) is 80.3 Å². The normalized spacial score (nSPS) is 22.0. The SMILES string of the molecule is COCCN(CCC(N)=NO)C1CCCOC1. The maximum absolute atomic E-state index is 8.53. The van der Waals surface area contributed by atoms with E-state index in [1.807, 2.05) is 0 Å². The number of ether oxygens (including phenoxy) is 2. The Hall–Kier alpha value is -0.850. The number of hydrogen-bond donors (Lipinski definition) is 2. The molecule has 0 aromatic heterocycles. The monoisotopic (exact) mass is 245 g/mol. The predicted octanol–water partition coefficient (Wildman–Crippen LogP) is 0.250.